The number of aromatic amines is 1. The van der Waals surface area contributed by atoms with E-state index in [1.807, 2.05) is 42.4 Å². The van der Waals surface area contributed by atoms with Crippen molar-refractivity contribution in [2.24, 2.45) is 0 Å². The van der Waals surface area contributed by atoms with Crippen LogP contribution in [-0.2, 0) is 0 Å². The molecule has 1 atom stereocenters. The smallest absolute Gasteiger partial charge is 0.255 e. The minimum atomic E-state index is 0.0924. The van der Waals surface area contributed by atoms with Gasteiger partial charge < -0.3 is 15.2 Å². The Hall–Kier alpha value is -1.81. The van der Waals surface area contributed by atoms with Gasteiger partial charge in [0.05, 0.1) is 5.56 Å². The summed E-state index contributed by atoms with van der Waals surface area (Å²) < 4.78 is 0. The van der Waals surface area contributed by atoms with Gasteiger partial charge in [-0.2, -0.15) is 0 Å². The van der Waals surface area contributed by atoms with Crippen LogP contribution < -0.4 is 5.32 Å². The number of hydrogen-bond donors (Lipinski definition) is 2. The number of benzene rings is 1. The maximum Gasteiger partial charge on any atom is 0.255 e. The fourth-order valence-electron chi connectivity index (χ4n) is 2.95. The molecule has 0 spiro atoms. The van der Waals surface area contributed by atoms with Crippen molar-refractivity contribution >= 4 is 16.8 Å². The van der Waals surface area contributed by atoms with E-state index >= 15 is 0 Å². The summed E-state index contributed by atoms with van der Waals surface area (Å²) in [4.78, 5) is 17.6. The van der Waals surface area contributed by atoms with E-state index in [0.29, 0.717) is 6.04 Å². The second-order valence-electron chi connectivity index (χ2n) is 5.58. The molecule has 1 aliphatic heterocycles. The molecule has 2 heterocycles. The van der Waals surface area contributed by atoms with Crippen LogP contribution >= 0.6 is 0 Å². The number of carbonyl (C=O) groups is 1. The average Bonchev–Trinajstić information content (AvgIpc) is 2.91. The summed E-state index contributed by atoms with van der Waals surface area (Å²) in [6, 6.07) is 8.36. The van der Waals surface area contributed by atoms with Gasteiger partial charge in [-0.1, -0.05) is 24.6 Å². The van der Waals surface area contributed by atoms with Crippen LogP contribution in [0.4, 0.5) is 0 Å². The molecule has 1 unspecified atom stereocenters. The SMILES string of the molecule is CN(CC1CCCCN1)C(=O)c1c[nH]c2ccccc12. The first-order chi connectivity index (χ1) is 9.75. The van der Waals surface area contributed by atoms with Crippen molar-refractivity contribution in [1.29, 1.82) is 0 Å². The van der Waals surface area contributed by atoms with Gasteiger partial charge in [-0.05, 0) is 25.5 Å². The molecule has 1 aliphatic rings. The quantitative estimate of drug-likeness (QED) is 0.900. The molecule has 1 fully saturated rings. The predicted octanol–water partition coefficient (Wildman–Crippen LogP) is 2.38. The minimum absolute atomic E-state index is 0.0924. The lowest BCUT2D eigenvalue weighted by atomic mass is 10.0. The Kier molecular flexibility index (Phi) is 3.74. The average molecular weight is 271 g/mol. The van der Waals surface area contributed by atoms with Crippen LogP contribution in [0, 0.1) is 0 Å². The number of para-hydroxylation sites is 1. The maximum atomic E-state index is 12.6. The van der Waals surface area contributed by atoms with E-state index in [-0.39, 0.29) is 5.91 Å². The monoisotopic (exact) mass is 271 g/mol. The number of fused-ring (bicyclic) bond motifs is 1. The van der Waals surface area contributed by atoms with Crippen molar-refractivity contribution in [2.75, 3.05) is 20.1 Å². The summed E-state index contributed by atoms with van der Waals surface area (Å²) in [6.07, 6.45) is 5.48. The molecule has 1 aromatic heterocycles. The van der Waals surface area contributed by atoms with E-state index in [2.05, 4.69) is 10.3 Å². The molecular formula is C16H21N3O. The predicted molar refractivity (Wildman–Crippen MR) is 80.9 cm³/mol. The number of amides is 1. The topological polar surface area (TPSA) is 48.1 Å². The molecule has 0 radical (unpaired) electrons. The van der Waals surface area contributed by atoms with E-state index in [0.717, 1.165) is 36.0 Å². The molecule has 1 amide bonds. The number of carbonyl (C=O) groups excluding carboxylic acids is 1. The molecule has 2 aromatic rings. The molecular weight excluding hydrogens is 250 g/mol. The fraction of sp³-hybridized carbons (Fsp3) is 0.438. The number of nitrogens with one attached hydrogen (secondary N) is 2. The molecule has 1 saturated heterocycles. The summed E-state index contributed by atoms with van der Waals surface area (Å²) in [5.41, 5.74) is 1.78. The van der Waals surface area contributed by atoms with Crippen molar-refractivity contribution in [1.82, 2.24) is 15.2 Å². The van der Waals surface area contributed by atoms with Crippen LogP contribution in [0.5, 0.6) is 0 Å². The molecule has 3 rings (SSSR count). The lowest BCUT2D eigenvalue weighted by Crippen LogP contribution is -2.44. The molecule has 20 heavy (non-hydrogen) atoms. The van der Waals surface area contributed by atoms with Crippen molar-refractivity contribution in [3.05, 3.63) is 36.0 Å². The standard InChI is InChI=1S/C16H21N3O/c1-19(11-12-6-4-5-9-17-12)16(20)14-10-18-15-8-3-2-7-13(14)15/h2-3,7-8,10,12,17-18H,4-6,9,11H2,1H3. The highest BCUT2D eigenvalue weighted by molar-refractivity contribution is 6.06. The van der Waals surface area contributed by atoms with Gasteiger partial charge >= 0.3 is 0 Å². The van der Waals surface area contributed by atoms with Crippen LogP contribution in [0.25, 0.3) is 10.9 Å². The molecule has 4 nitrogen and oxygen atoms in total. The molecule has 0 aliphatic carbocycles. The molecule has 0 bridgehead atoms. The largest absolute Gasteiger partial charge is 0.360 e. The van der Waals surface area contributed by atoms with Gasteiger partial charge in [-0.15, -0.1) is 0 Å². The van der Waals surface area contributed by atoms with Crippen LogP contribution in [0.3, 0.4) is 0 Å². The number of nitrogens with zero attached hydrogens (tertiary/aromatic N) is 1. The molecule has 1 aromatic carbocycles. The Bertz CT molecular complexity index is 599. The Morgan fingerprint density at radius 3 is 3.00 bits per heavy atom. The zero-order valence-electron chi connectivity index (χ0n) is 11.9. The summed E-state index contributed by atoms with van der Waals surface area (Å²) in [5, 5.41) is 4.49. The van der Waals surface area contributed by atoms with E-state index in [9.17, 15) is 4.79 Å². The Balaban J connectivity index is 1.74. The minimum Gasteiger partial charge on any atom is -0.360 e. The van der Waals surface area contributed by atoms with Crippen LogP contribution in [0.1, 0.15) is 29.6 Å². The normalized spacial score (nSPS) is 19.1. The zero-order valence-corrected chi connectivity index (χ0v) is 11.9. The van der Waals surface area contributed by atoms with Crippen LogP contribution in [0.2, 0.25) is 0 Å². The van der Waals surface area contributed by atoms with Gasteiger partial charge in [0.15, 0.2) is 0 Å². The number of aromatic nitrogens is 1. The second kappa shape index (κ2) is 5.67. The first-order valence-corrected chi connectivity index (χ1v) is 7.30. The third kappa shape index (κ3) is 2.56. The molecule has 2 N–H and O–H groups in total. The maximum absolute atomic E-state index is 12.6. The fourth-order valence-corrected chi connectivity index (χ4v) is 2.95. The lowest BCUT2D eigenvalue weighted by molar-refractivity contribution is 0.0777. The van der Waals surface area contributed by atoms with E-state index < -0.39 is 0 Å². The van der Waals surface area contributed by atoms with Crippen molar-refractivity contribution < 1.29 is 4.79 Å². The highest BCUT2D eigenvalue weighted by atomic mass is 16.2. The molecule has 0 saturated carbocycles. The highest BCUT2D eigenvalue weighted by Crippen LogP contribution is 2.19. The van der Waals surface area contributed by atoms with E-state index in [1.54, 1.807) is 0 Å². The number of rotatable bonds is 3. The first kappa shape index (κ1) is 13.2. The lowest BCUT2D eigenvalue weighted by Gasteiger charge is -2.28. The highest BCUT2D eigenvalue weighted by Gasteiger charge is 2.20. The van der Waals surface area contributed by atoms with Gasteiger partial charge in [0.2, 0.25) is 0 Å². The number of hydrogen-bond acceptors (Lipinski definition) is 2. The number of H-pyrrole nitrogens is 1. The first-order valence-electron chi connectivity index (χ1n) is 7.30. The van der Waals surface area contributed by atoms with E-state index in [1.165, 1.54) is 12.8 Å². The van der Waals surface area contributed by atoms with Crippen LogP contribution in [-0.4, -0.2) is 42.0 Å². The third-order valence-corrected chi connectivity index (χ3v) is 4.07. The number of piperidine rings is 1. The van der Waals surface area contributed by atoms with E-state index in [4.69, 9.17) is 0 Å². The summed E-state index contributed by atoms with van der Waals surface area (Å²) in [6.45, 7) is 1.85. The van der Waals surface area contributed by atoms with Crippen molar-refractivity contribution in [3.8, 4) is 0 Å². The summed E-state index contributed by atoms with van der Waals surface area (Å²) in [5.74, 6) is 0.0924. The molecule has 106 valence electrons. The summed E-state index contributed by atoms with van der Waals surface area (Å²) in [7, 11) is 1.89. The number of likely N-dealkylation sites (N-methyl/N-ethyl adjacent to an activating group) is 1. The van der Waals surface area contributed by atoms with Gasteiger partial charge in [0, 0.05) is 36.7 Å². The van der Waals surface area contributed by atoms with Gasteiger partial charge in [0.1, 0.15) is 0 Å². The second-order valence-corrected chi connectivity index (χ2v) is 5.58. The third-order valence-electron chi connectivity index (χ3n) is 4.07. The Morgan fingerprint density at radius 1 is 1.35 bits per heavy atom. The van der Waals surface area contributed by atoms with Crippen molar-refractivity contribution in [2.45, 2.75) is 25.3 Å². The van der Waals surface area contributed by atoms with Gasteiger partial charge in [-0.25, -0.2) is 0 Å². The van der Waals surface area contributed by atoms with Crippen LogP contribution in [0.15, 0.2) is 30.5 Å². The van der Waals surface area contributed by atoms with Gasteiger partial charge in [0.25, 0.3) is 5.91 Å². The van der Waals surface area contributed by atoms with Gasteiger partial charge in [-0.3, -0.25) is 4.79 Å². The summed E-state index contributed by atoms with van der Waals surface area (Å²) >= 11 is 0. The zero-order chi connectivity index (χ0) is 13.9. The Morgan fingerprint density at radius 2 is 2.20 bits per heavy atom. The molecule has 4 heteroatoms. The Labute approximate surface area is 119 Å². The van der Waals surface area contributed by atoms with Crippen molar-refractivity contribution in [3.63, 3.8) is 0 Å².